The second kappa shape index (κ2) is 10.7. The Morgan fingerprint density at radius 1 is 0.737 bits per heavy atom. The van der Waals surface area contributed by atoms with Crippen molar-refractivity contribution in [3.8, 4) is 40.2 Å². The van der Waals surface area contributed by atoms with E-state index in [0.29, 0.717) is 64.0 Å². The van der Waals surface area contributed by atoms with Gasteiger partial charge in [0.2, 0.25) is 18.5 Å². The van der Waals surface area contributed by atoms with Crippen LogP contribution in [-0.2, 0) is 6.54 Å². The van der Waals surface area contributed by atoms with Crippen LogP contribution >= 0.6 is 0 Å². The number of hydrogen-bond donors (Lipinski definition) is 2. The first-order valence-electron chi connectivity index (χ1n) is 11.7. The van der Waals surface area contributed by atoms with Gasteiger partial charge < -0.3 is 43.8 Å². The molecule has 0 aliphatic carbocycles. The molecule has 4 aromatic rings. The zero-order chi connectivity index (χ0) is 26.6. The molecule has 38 heavy (non-hydrogen) atoms. The van der Waals surface area contributed by atoms with Crippen LogP contribution < -0.4 is 43.8 Å². The lowest BCUT2D eigenvalue weighted by Crippen LogP contribution is -2.07. The van der Waals surface area contributed by atoms with Crippen LogP contribution in [0, 0.1) is 0 Å². The minimum Gasteiger partial charge on any atom is -0.493 e. The van der Waals surface area contributed by atoms with Crippen molar-refractivity contribution in [3.05, 3.63) is 48.0 Å². The number of nitrogens with zero attached hydrogens (tertiary/aromatic N) is 2. The summed E-state index contributed by atoms with van der Waals surface area (Å²) in [5.74, 6) is 5.01. The Morgan fingerprint density at radius 2 is 1.42 bits per heavy atom. The van der Waals surface area contributed by atoms with Gasteiger partial charge >= 0.3 is 0 Å². The lowest BCUT2D eigenvalue weighted by molar-refractivity contribution is 0.174. The average molecular weight is 521 g/mol. The molecule has 11 nitrogen and oxygen atoms in total. The van der Waals surface area contributed by atoms with Crippen molar-refractivity contribution in [3.63, 3.8) is 0 Å². The van der Waals surface area contributed by atoms with Gasteiger partial charge in [0.25, 0.3) is 0 Å². The van der Waals surface area contributed by atoms with Crippen LogP contribution in [0.1, 0.15) is 5.56 Å². The van der Waals surface area contributed by atoms with Crippen molar-refractivity contribution >= 4 is 28.4 Å². The zero-order valence-electron chi connectivity index (χ0n) is 21.7. The summed E-state index contributed by atoms with van der Waals surface area (Å²) >= 11 is 0. The first-order valence-corrected chi connectivity index (χ1v) is 11.7. The predicted molar refractivity (Wildman–Crippen MR) is 142 cm³/mol. The maximum Gasteiger partial charge on any atom is 0.231 e. The standard InChI is InChI=1S/C27H28N4O7/c1-32-20-11-17-18(12-21(20)33-2)30-27(28-13-15-6-7-19-22(8-15)38-14-37-19)31-26(17)29-16-9-23(34-3)25(36-5)24(10-16)35-4/h6-12H,13-14H2,1-5H3,(H2,28,29,30,31). The molecule has 0 saturated heterocycles. The summed E-state index contributed by atoms with van der Waals surface area (Å²) in [7, 11) is 7.85. The Balaban J connectivity index is 1.54. The van der Waals surface area contributed by atoms with E-state index in [4.69, 9.17) is 43.1 Å². The molecule has 3 aromatic carbocycles. The molecule has 1 aliphatic heterocycles. The van der Waals surface area contributed by atoms with Gasteiger partial charge in [0.1, 0.15) is 5.82 Å². The number of ether oxygens (including phenoxy) is 7. The number of anilines is 3. The maximum atomic E-state index is 5.52. The van der Waals surface area contributed by atoms with Crippen LogP contribution in [-0.4, -0.2) is 52.3 Å². The molecule has 0 amide bonds. The fourth-order valence-electron chi connectivity index (χ4n) is 4.15. The molecule has 1 aliphatic rings. The van der Waals surface area contributed by atoms with Gasteiger partial charge in [-0.2, -0.15) is 4.98 Å². The van der Waals surface area contributed by atoms with E-state index in [0.717, 1.165) is 16.7 Å². The molecule has 2 heterocycles. The summed E-state index contributed by atoms with van der Waals surface area (Å²) in [5.41, 5.74) is 2.32. The van der Waals surface area contributed by atoms with Gasteiger partial charge in [0.05, 0.1) is 41.1 Å². The Morgan fingerprint density at radius 3 is 2.11 bits per heavy atom. The summed E-state index contributed by atoms with van der Waals surface area (Å²) in [4.78, 5) is 9.49. The molecule has 2 N–H and O–H groups in total. The van der Waals surface area contributed by atoms with Crippen molar-refractivity contribution in [1.82, 2.24) is 9.97 Å². The molecular weight excluding hydrogens is 492 g/mol. The largest absolute Gasteiger partial charge is 0.493 e. The highest BCUT2D eigenvalue weighted by atomic mass is 16.7. The van der Waals surface area contributed by atoms with Crippen LogP contribution in [0.25, 0.3) is 10.9 Å². The summed E-state index contributed by atoms with van der Waals surface area (Å²) in [6, 6.07) is 13.0. The van der Waals surface area contributed by atoms with Crippen LogP contribution in [0.2, 0.25) is 0 Å². The minimum atomic E-state index is 0.223. The monoisotopic (exact) mass is 520 g/mol. The molecule has 0 spiro atoms. The van der Waals surface area contributed by atoms with Crippen molar-refractivity contribution in [2.75, 3.05) is 53.0 Å². The van der Waals surface area contributed by atoms with E-state index in [1.807, 2.05) is 30.3 Å². The smallest absolute Gasteiger partial charge is 0.231 e. The van der Waals surface area contributed by atoms with E-state index in [1.165, 1.54) is 0 Å². The Hall–Kier alpha value is -4.80. The first-order chi connectivity index (χ1) is 18.6. The van der Waals surface area contributed by atoms with E-state index in [1.54, 1.807) is 47.7 Å². The minimum absolute atomic E-state index is 0.223. The highest BCUT2D eigenvalue weighted by Crippen LogP contribution is 2.42. The van der Waals surface area contributed by atoms with Crippen LogP contribution in [0.5, 0.6) is 40.2 Å². The quantitative estimate of drug-likeness (QED) is 0.302. The van der Waals surface area contributed by atoms with E-state index in [2.05, 4.69) is 10.6 Å². The molecular formula is C27H28N4O7. The number of benzene rings is 3. The maximum absolute atomic E-state index is 5.52. The average Bonchev–Trinajstić information content (AvgIpc) is 3.42. The number of nitrogens with one attached hydrogen (secondary N) is 2. The Kier molecular flexibility index (Phi) is 6.98. The van der Waals surface area contributed by atoms with Crippen molar-refractivity contribution in [2.24, 2.45) is 0 Å². The zero-order valence-corrected chi connectivity index (χ0v) is 21.7. The molecule has 0 unspecified atom stereocenters. The highest BCUT2D eigenvalue weighted by molar-refractivity contribution is 5.94. The molecule has 1 aromatic heterocycles. The van der Waals surface area contributed by atoms with Crippen molar-refractivity contribution < 1.29 is 33.2 Å². The molecule has 0 atom stereocenters. The van der Waals surface area contributed by atoms with Gasteiger partial charge in [-0.05, 0) is 23.8 Å². The SMILES string of the molecule is COc1cc2nc(NCc3ccc4c(c3)OCO4)nc(Nc3cc(OC)c(OC)c(OC)c3)c2cc1OC. The van der Waals surface area contributed by atoms with Gasteiger partial charge in [-0.15, -0.1) is 0 Å². The third-order valence-electron chi connectivity index (χ3n) is 6.02. The number of fused-ring (bicyclic) bond motifs is 2. The molecule has 198 valence electrons. The predicted octanol–water partition coefficient (Wildman–Crippen LogP) is 4.76. The Bertz CT molecular complexity index is 1450. The van der Waals surface area contributed by atoms with E-state index >= 15 is 0 Å². The fourth-order valence-corrected chi connectivity index (χ4v) is 4.15. The molecule has 0 fully saturated rings. The number of methoxy groups -OCH3 is 5. The van der Waals surface area contributed by atoms with E-state index < -0.39 is 0 Å². The van der Waals surface area contributed by atoms with Gasteiger partial charge in [0, 0.05) is 35.8 Å². The lowest BCUT2D eigenvalue weighted by Gasteiger charge is -2.17. The lowest BCUT2D eigenvalue weighted by atomic mass is 10.2. The Labute approximate surface area is 219 Å². The second-order valence-corrected chi connectivity index (χ2v) is 8.20. The first kappa shape index (κ1) is 24.9. The normalized spacial score (nSPS) is 11.7. The topological polar surface area (TPSA) is 114 Å². The van der Waals surface area contributed by atoms with Gasteiger partial charge in [-0.3, -0.25) is 0 Å². The molecule has 0 saturated carbocycles. The third-order valence-corrected chi connectivity index (χ3v) is 6.02. The number of hydrogen-bond acceptors (Lipinski definition) is 11. The number of rotatable bonds is 10. The molecule has 0 radical (unpaired) electrons. The summed E-state index contributed by atoms with van der Waals surface area (Å²) in [6.45, 7) is 0.695. The molecule has 11 heteroatoms. The number of aromatic nitrogens is 2. The fraction of sp³-hybridized carbons (Fsp3) is 0.259. The van der Waals surface area contributed by atoms with Crippen molar-refractivity contribution in [2.45, 2.75) is 6.54 Å². The van der Waals surface area contributed by atoms with Crippen molar-refractivity contribution in [1.29, 1.82) is 0 Å². The summed E-state index contributed by atoms with van der Waals surface area (Å²) in [5, 5.41) is 7.40. The van der Waals surface area contributed by atoms with Crippen LogP contribution in [0.4, 0.5) is 17.5 Å². The second-order valence-electron chi connectivity index (χ2n) is 8.20. The van der Waals surface area contributed by atoms with Gasteiger partial charge in [-0.25, -0.2) is 4.98 Å². The molecule has 5 rings (SSSR count). The van der Waals surface area contributed by atoms with Gasteiger partial charge in [-0.1, -0.05) is 6.07 Å². The summed E-state index contributed by atoms with van der Waals surface area (Å²) < 4.78 is 38.4. The summed E-state index contributed by atoms with van der Waals surface area (Å²) in [6.07, 6.45) is 0. The molecule has 0 bridgehead atoms. The van der Waals surface area contributed by atoms with Crippen LogP contribution in [0.15, 0.2) is 42.5 Å². The third kappa shape index (κ3) is 4.77. The van der Waals surface area contributed by atoms with E-state index in [-0.39, 0.29) is 6.79 Å². The van der Waals surface area contributed by atoms with Crippen LogP contribution in [0.3, 0.4) is 0 Å². The van der Waals surface area contributed by atoms with E-state index in [9.17, 15) is 0 Å². The highest BCUT2D eigenvalue weighted by Gasteiger charge is 2.18. The van der Waals surface area contributed by atoms with Gasteiger partial charge in [0.15, 0.2) is 34.5 Å².